The summed E-state index contributed by atoms with van der Waals surface area (Å²) in [5, 5.41) is 0. The summed E-state index contributed by atoms with van der Waals surface area (Å²) in [6, 6.07) is 8.43. The van der Waals surface area contributed by atoms with E-state index >= 15 is 0 Å². The third-order valence-corrected chi connectivity index (χ3v) is 3.71. The maximum Gasteiger partial charge on any atom is 0.185 e. The molecule has 2 unspecified atom stereocenters. The van der Waals surface area contributed by atoms with Crippen LogP contribution in [-0.2, 0) is 9.47 Å². The summed E-state index contributed by atoms with van der Waals surface area (Å²) in [6.07, 6.45) is 3.16. The van der Waals surface area contributed by atoms with E-state index in [1.165, 1.54) is 11.1 Å². The smallest absolute Gasteiger partial charge is 0.185 e. The Kier molecular flexibility index (Phi) is 4.08. The van der Waals surface area contributed by atoms with Crippen LogP contribution in [0.4, 0.5) is 0 Å². The average molecular weight is 248 g/mol. The van der Waals surface area contributed by atoms with Crippen molar-refractivity contribution < 1.29 is 9.47 Å². The minimum Gasteiger partial charge on any atom is -0.342 e. The Morgan fingerprint density at radius 1 is 1.17 bits per heavy atom. The SMILES string of the molecule is CCCC1OC(OC(C)(C)CC)c2ccccc21. The molecule has 1 aromatic carbocycles. The minimum atomic E-state index is -0.201. The lowest BCUT2D eigenvalue weighted by molar-refractivity contribution is -0.214. The third kappa shape index (κ3) is 2.76. The number of hydrogen-bond acceptors (Lipinski definition) is 2. The van der Waals surface area contributed by atoms with Crippen molar-refractivity contribution in [1.29, 1.82) is 0 Å². The van der Waals surface area contributed by atoms with Gasteiger partial charge in [0.15, 0.2) is 6.29 Å². The highest BCUT2D eigenvalue weighted by Crippen LogP contribution is 2.43. The van der Waals surface area contributed by atoms with E-state index in [0.29, 0.717) is 0 Å². The van der Waals surface area contributed by atoms with Crippen LogP contribution in [0, 0.1) is 0 Å². The van der Waals surface area contributed by atoms with E-state index in [0.717, 1.165) is 19.3 Å². The van der Waals surface area contributed by atoms with Crippen LogP contribution in [-0.4, -0.2) is 5.60 Å². The van der Waals surface area contributed by atoms with Crippen molar-refractivity contribution in [3.63, 3.8) is 0 Å². The molecular weight excluding hydrogens is 224 g/mol. The Balaban J connectivity index is 2.20. The van der Waals surface area contributed by atoms with Crippen LogP contribution in [0.15, 0.2) is 24.3 Å². The molecule has 2 atom stereocenters. The van der Waals surface area contributed by atoms with Gasteiger partial charge in [-0.05, 0) is 32.3 Å². The van der Waals surface area contributed by atoms with E-state index in [9.17, 15) is 0 Å². The molecule has 0 aliphatic carbocycles. The predicted molar refractivity (Wildman–Crippen MR) is 73.4 cm³/mol. The molecular formula is C16H24O2. The lowest BCUT2D eigenvalue weighted by Crippen LogP contribution is -2.25. The van der Waals surface area contributed by atoms with Crippen molar-refractivity contribution in [2.75, 3.05) is 0 Å². The van der Waals surface area contributed by atoms with E-state index < -0.39 is 0 Å². The second-order valence-corrected chi connectivity index (χ2v) is 5.61. The van der Waals surface area contributed by atoms with E-state index in [-0.39, 0.29) is 18.0 Å². The molecule has 0 spiro atoms. The third-order valence-electron chi connectivity index (χ3n) is 3.71. The van der Waals surface area contributed by atoms with Crippen molar-refractivity contribution in [3.8, 4) is 0 Å². The van der Waals surface area contributed by atoms with Gasteiger partial charge in [0.2, 0.25) is 0 Å². The Labute approximate surface area is 110 Å². The fourth-order valence-corrected chi connectivity index (χ4v) is 2.26. The van der Waals surface area contributed by atoms with Gasteiger partial charge in [0.05, 0.1) is 11.7 Å². The summed E-state index contributed by atoms with van der Waals surface area (Å²) < 4.78 is 12.2. The zero-order valence-corrected chi connectivity index (χ0v) is 11.9. The summed E-state index contributed by atoms with van der Waals surface area (Å²) in [6.45, 7) is 8.57. The van der Waals surface area contributed by atoms with Crippen LogP contribution < -0.4 is 0 Å². The van der Waals surface area contributed by atoms with Gasteiger partial charge in [0.25, 0.3) is 0 Å². The molecule has 18 heavy (non-hydrogen) atoms. The average Bonchev–Trinajstić information content (AvgIpc) is 2.68. The molecule has 1 aliphatic heterocycles. The zero-order chi connectivity index (χ0) is 13.2. The number of rotatable bonds is 5. The highest BCUT2D eigenvalue weighted by molar-refractivity contribution is 5.33. The maximum absolute atomic E-state index is 6.13. The van der Waals surface area contributed by atoms with Crippen LogP contribution in [0.2, 0.25) is 0 Å². The molecule has 100 valence electrons. The molecule has 1 aromatic rings. The van der Waals surface area contributed by atoms with Gasteiger partial charge in [0, 0.05) is 5.56 Å². The van der Waals surface area contributed by atoms with Gasteiger partial charge in [-0.15, -0.1) is 0 Å². The molecule has 2 rings (SSSR count). The molecule has 0 amide bonds. The molecule has 1 heterocycles. The maximum atomic E-state index is 6.13. The minimum absolute atomic E-state index is 0.140. The number of benzene rings is 1. The van der Waals surface area contributed by atoms with Crippen LogP contribution in [0.25, 0.3) is 0 Å². The summed E-state index contributed by atoms with van der Waals surface area (Å²) in [4.78, 5) is 0. The second kappa shape index (κ2) is 5.41. The first-order chi connectivity index (χ1) is 8.57. The molecule has 2 nitrogen and oxygen atoms in total. The molecule has 0 bridgehead atoms. The summed E-state index contributed by atoms with van der Waals surface area (Å²) in [5.74, 6) is 0. The fourth-order valence-electron chi connectivity index (χ4n) is 2.26. The van der Waals surface area contributed by atoms with Gasteiger partial charge in [-0.3, -0.25) is 0 Å². The Bertz CT molecular complexity index is 398. The van der Waals surface area contributed by atoms with E-state index in [4.69, 9.17) is 9.47 Å². The second-order valence-electron chi connectivity index (χ2n) is 5.61. The number of hydrogen-bond donors (Lipinski definition) is 0. The first kappa shape index (κ1) is 13.6. The Hall–Kier alpha value is -0.860. The van der Waals surface area contributed by atoms with Gasteiger partial charge in [-0.25, -0.2) is 0 Å². The van der Waals surface area contributed by atoms with Crippen LogP contribution in [0.5, 0.6) is 0 Å². The largest absolute Gasteiger partial charge is 0.342 e. The van der Waals surface area contributed by atoms with E-state index in [1.54, 1.807) is 0 Å². The lowest BCUT2D eigenvalue weighted by Gasteiger charge is -2.28. The van der Waals surface area contributed by atoms with Crippen LogP contribution in [0.3, 0.4) is 0 Å². The standard InChI is InChI=1S/C16H24O2/c1-5-9-14-12-10-7-8-11-13(12)15(17-14)18-16(3,4)6-2/h7-8,10-11,14-15H,5-6,9H2,1-4H3. The first-order valence-electron chi connectivity index (χ1n) is 6.99. The molecule has 2 heteroatoms. The molecule has 0 saturated heterocycles. The normalized spacial score (nSPS) is 23.1. The number of fused-ring (bicyclic) bond motifs is 1. The molecule has 0 radical (unpaired) electrons. The predicted octanol–water partition coefficient (Wildman–Crippen LogP) is 4.76. The van der Waals surface area contributed by atoms with E-state index in [1.807, 2.05) is 0 Å². The van der Waals surface area contributed by atoms with Gasteiger partial charge in [0.1, 0.15) is 0 Å². The topological polar surface area (TPSA) is 18.5 Å². The van der Waals surface area contributed by atoms with Gasteiger partial charge < -0.3 is 9.47 Å². The summed E-state index contributed by atoms with van der Waals surface area (Å²) in [7, 11) is 0. The number of ether oxygens (including phenoxy) is 2. The van der Waals surface area contributed by atoms with Gasteiger partial charge in [-0.1, -0.05) is 44.5 Å². The van der Waals surface area contributed by atoms with Crippen molar-refractivity contribution in [3.05, 3.63) is 35.4 Å². The van der Waals surface area contributed by atoms with Crippen molar-refractivity contribution in [2.24, 2.45) is 0 Å². The quantitative estimate of drug-likeness (QED) is 0.747. The molecule has 1 aliphatic rings. The monoisotopic (exact) mass is 248 g/mol. The van der Waals surface area contributed by atoms with Crippen LogP contribution in [0.1, 0.15) is 70.5 Å². The van der Waals surface area contributed by atoms with Crippen molar-refractivity contribution in [2.45, 2.75) is 65.0 Å². The van der Waals surface area contributed by atoms with Crippen molar-refractivity contribution >= 4 is 0 Å². The lowest BCUT2D eigenvalue weighted by atomic mass is 10.0. The Morgan fingerprint density at radius 3 is 2.44 bits per heavy atom. The van der Waals surface area contributed by atoms with Crippen LogP contribution >= 0.6 is 0 Å². The van der Waals surface area contributed by atoms with Gasteiger partial charge >= 0.3 is 0 Å². The summed E-state index contributed by atoms with van der Waals surface area (Å²) in [5.41, 5.74) is 2.37. The first-order valence-corrected chi connectivity index (χ1v) is 6.99. The highest BCUT2D eigenvalue weighted by atomic mass is 16.7. The fraction of sp³-hybridized carbons (Fsp3) is 0.625. The van der Waals surface area contributed by atoms with E-state index in [2.05, 4.69) is 52.0 Å². The Morgan fingerprint density at radius 2 is 1.83 bits per heavy atom. The molecule has 0 aromatic heterocycles. The highest BCUT2D eigenvalue weighted by Gasteiger charge is 2.34. The molecule has 0 N–H and O–H groups in total. The van der Waals surface area contributed by atoms with Gasteiger partial charge in [-0.2, -0.15) is 0 Å². The van der Waals surface area contributed by atoms with Crippen molar-refractivity contribution in [1.82, 2.24) is 0 Å². The zero-order valence-electron chi connectivity index (χ0n) is 11.9. The molecule has 0 saturated carbocycles. The summed E-state index contributed by atoms with van der Waals surface area (Å²) >= 11 is 0. The molecule has 0 fully saturated rings.